The van der Waals surface area contributed by atoms with Crippen LogP contribution in [-0.2, 0) is 4.79 Å². The van der Waals surface area contributed by atoms with Crippen LogP contribution in [0.3, 0.4) is 0 Å². The normalized spacial score (nSPS) is 19.0. The van der Waals surface area contributed by atoms with Gasteiger partial charge in [0.25, 0.3) is 0 Å². The van der Waals surface area contributed by atoms with Crippen LogP contribution in [0, 0.1) is 5.41 Å². The lowest BCUT2D eigenvalue weighted by atomic mass is 9.77. The molecule has 0 aliphatic heterocycles. The van der Waals surface area contributed by atoms with Crippen molar-refractivity contribution in [2.45, 2.75) is 32.7 Å². The molecule has 1 aromatic carbocycles. The quantitative estimate of drug-likeness (QED) is 0.787. The van der Waals surface area contributed by atoms with Crippen LogP contribution in [0.1, 0.15) is 43.2 Å². The molecule has 0 radical (unpaired) electrons. The predicted molar refractivity (Wildman–Crippen MR) is 98.8 cm³/mol. The van der Waals surface area contributed by atoms with Gasteiger partial charge in [0.1, 0.15) is 11.8 Å². The van der Waals surface area contributed by atoms with Crippen molar-refractivity contribution in [2.75, 3.05) is 0 Å². The van der Waals surface area contributed by atoms with E-state index in [0.29, 0.717) is 18.4 Å². The van der Waals surface area contributed by atoms with Crippen LogP contribution in [0.25, 0.3) is 0 Å². The molecule has 4 heteroatoms. The Bertz CT molecular complexity index is 773. The van der Waals surface area contributed by atoms with E-state index in [-0.39, 0.29) is 23.0 Å². The van der Waals surface area contributed by atoms with Gasteiger partial charge in [-0.25, -0.2) is 0 Å². The van der Waals surface area contributed by atoms with E-state index in [9.17, 15) is 9.90 Å². The van der Waals surface area contributed by atoms with Crippen molar-refractivity contribution < 1.29 is 9.90 Å². The highest BCUT2D eigenvalue weighted by Crippen LogP contribution is 2.36. The van der Waals surface area contributed by atoms with Crippen LogP contribution in [0.15, 0.2) is 64.2 Å². The SMILES string of the molecule is CC1(C)CC(=O)C(C=N[C@H](c2ccccc2)c2cccs2)=C(O)C1. The fourth-order valence-electron chi connectivity index (χ4n) is 3.00. The van der Waals surface area contributed by atoms with Gasteiger partial charge in [0, 0.05) is 23.9 Å². The number of aliphatic imine (C=N–C) groups is 1. The summed E-state index contributed by atoms with van der Waals surface area (Å²) in [5.74, 6) is 0.114. The number of hydrogen-bond acceptors (Lipinski definition) is 4. The monoisotopic (exact) mass is 339 g/mol. The van der Waals surface area contributed by atoms with Gasteiger partial charge in [-0.3, -0.25) is 9.79 Å². The number of carbonyl (C=O) groups excluding carboxylic acids is 1. The highest BCUT2D eigenvalue weighted by Gasteiger charge is 2.32. The van der Waals surface area contributed by atoms with Gasteiger partial charge in [-0.2, -0.15) is 0 Å². The van der Waals surface area contributed by atoms with E-state index in [0.717, 1.165) is 10.4 Å². The molecule has 3 rings (SSSR count). The van der Waals surface area contributed by atoms with Crippen molar-refractivity contribution in [3.63, 3.8) is 0 Å². The number of rotatable bonds is 4. The van der Waals surface area contributed by atoms with Gasteiger partial charge in [0.2, 0.25) is 0 Å². The van der Waals surface area contributed by atoms with Crippen molar-refractivity contribution in [1.29, 1.82) is 0 Å². The number of thiophene rings is 1. The Balaban J connectivity index is 1.94. The third kappa shape index (κ3) is 3.65. The highest BCUT2D eigenvalue weighted by atomic mass is 32.1. The predicted octanol–water partition coefficient (Wildman–Crippen LogP) is 5.11. The molecule has 124 valence electrons. The van der Waals surface area contributed by atoms with E-state index in [1.807, 2.05) is 61.7 Å². The fourth-order valence-corrected chi connectivity index (χ4v) is 3.80. The van der Waals surface area contributed by atoms with Crippen LogP contribution in [0.5, 0.6) is 0 Å². The molecule has 0 fully saturated rings. The van der Waals surface area contributed by atoms with E-state index >= 15 is 0 Å². The van der Waals surface area contributed by atoms with Crippen LogP contribution < -0.4 is 0 Å². The number of benzene rings is 1. The lowest BCUT2D eigenvalue weighted by Crippen LogP contribution is -2.26. The van der Waals surface area contributed by atoms with Crippen LogP contribution >= 0.6 is 11.3 Å². The molecule has 1 aliphatic carbocycles. The van der Waals surface area contributed by atoms with Gasteiger partial charge in [-0.15, -0.1) is 11.3 Å². The molecule has 0 spiro atoms. The summed E-state index contributed by atoms with van der Waals surface area (Å²) in [6.07, 6.45) is 2.51. The van der Waals surface area contributed by atoms with E-state index < -0.39 is 0 Å². The number of ketones is 1. The Morgan fingerprint density at radius 1 is 1.17 bits per heavy atom. The molecule has 0 saturated heterocycles. The second-order valence-corrected chi connectivity index (χ2v) is 7.89. The maximum Gasteiger partial charge on any atom is 0.168 e. The summed E-state index contributed by atoms with van der Waals surface area (Å²) < 4.78 is 0. The summed E-state index contributed by atoms with van der Waals surface area (Å²) in [4.78, 5) is 18.1. The highest BCUT2D eigenvalue weighted by molar-refractivity contribution is 7.10. The minimum Gasteiger partial charge on any atom is -0.511 e. The Morgan fingerprint density at radius 3 is 2.54 bits per heavy atom. The topological polar surface area (TPSA) is 49.7 Å². The first-order valence-electron chi connectivity index (χ1n) is 8.03. The minimum atomic E-state index is -0.189. The number of aliphatic hydroxyl groups is 1. The van der Waals surface area contributed by atoms with Crippen molar-refractivity contribution in [3.8, 4) is 0 Å². The first kappa shape index (κ1) is 16.7. The first-order valence-corrected chi connectivity index (χ1v) is 8.91. The summed E-state index contributed by atoms with van der Waals surface area (Å²) in [7, 11) is 0. The Labute approximate surface area is 146 Å². The maximum atomic E-state index is 12.3. The number of carbonyl (C=O) groups is 1. The van der Waals surface area contributed by atoms with Gasteiger partial charge in [-0.1, -0.05) is 50.2 Å². The van der Waals surface area contributed by atoms with Crippen molar-refractivity contribution in [2.24, 2.45) is 10.4 Å². The molecule has 24 heavy (non-hydrogen) atoms. The first-order chi connectivity index (χ1) is 11.5. The maximum absolute atomic E-state index is 12.3. The molecule has 0 saturated carbocycles. The lowest BCUT2D eigenvalue weighted by Gasteiger charge is -2.28. The number of hydrogen-bond donors (Lipinski definition) is 1. The van der Waals surface area contributed by atoms with Gasteiger partial charge in [0.05, 0.1) is 5.57 Å². The van der Waals surface area contributed by atoms with Crippen LogP contribution in [0.4, 0.5) is 0 Å². The molecular formula is C20H21NO2S. The smallest absolute Gasteiger partial charge is 0.168 e. The molecule has 1 N–H and O–H groups in total. The summed E-state index contributed by atoms with van der Waals surface area (Å²) in [6, 6.07) is 13.9. The van der Waals surface area contributed by atoms with E-state index in [4.69, 9.17) is 0 Å². The standard InChI is InChI=1S/C20H21NO2S/c1-20(2)11-16(22)15(17(23)12-20)13-21-19(18-9-6-10-24-18)14-7-4-3-5-8-14/h3-10,13,19,22H,11-12H2,1-2H3/t19-/m1/s1. The zero-order valence-corrected chi connectivity index (χ0v) is 14.7. The van der Waals surface area contributed by atoms with Crippen molar-refractivity contribution >= 4 is 23.3 Å². The minimum absolute atomic E-state index is 0.0366. The Hall–Kier alpha value is -2.20. The van der Waals surface area contributed by atoms with E-state index in [1.54, 1.807) is 17.6 Å². The molecule has 1 aromatic heterocycles. The molecular weight excluding hydrogens is 318 g/mol. The number of allylic oxidation sites excluding steroid dienone is 2. The molecule has 1 atom stereocenters. The molecule has 0 bridgehead atoms. The Kier molecular flexibility index (Phi) is 4.67. The average molecular weight is 339 g/mol. The van der Waals surface area contributed by atoms with Gasteiger partial charge in [-0.05, 0) is 22.4 Å². The molecule has 1 heterocycles. The third-order valence-corrected chi connectivity index (χ3v) is 5.10. The molecule has 2 aromatic rings. The summed E-state index contributed by atoms with van der Waals surface area (Å²) >= 11 is 1.64. The van der Waals surface area contributed by atoms with Crippen LogP contribution in [-0.4, -0.2) is 17.1 Å². The molecule has 0 amide bonds. The largest absolute Gasteiger partial charge is 0.511 e. The van der Waals surface area contributed by atoms with Crippen molar-refractivity contribution in [1.82, 2.24) is 0 Å². The van der Waals surface area contributed by atoms with Gasteiger partial charge < -0.3 is 5.11 Å². The number of nitrogens with zero attached hydrogens (tertiary/aromatic N) is 1. The molecule has 1 aliphatic rings. The second-order valence-electron chi connectivity index (χ2n) is 6.91. The Morgan fingerprint density at radius 2 is 1.92 bits per heavy atom. The van der Waals surface area contributed by atoms with Crippen LogP contribution in [0.2, 0.25) is 0 Å². The van der Waals surface area contributed by atoms with Gasteiger partial charge in [0.15, 0.2) is 5.78 Å². The number of Topliss-reactive ketones (excluding diaryl/α,β-unsaturated/α-hetero) is 1. The van der Waals surface area contributed by atoms with E-state index in [1.165, 1.54) is 0 Å². The molecule has 0 unspecified atom stereocenters. The molecule has 3 nitrogen and oxygen atoms in total. The summed E-state index contributed by atoms with van der Waals surface area (Å²) in [5.41, 5.74) is 1.23. The number of aliphatic hydroxyl groups excluding tert-OH is 1. The fraction of sp³-hybridized carbons (Fsp3) is 0.300. The van der Waals surface area contributed by atoms with Gasteiger partial charge >= 0.3 is 0 Å². The van der Waals surface area contributed by atoms with Crippen molar-refractivity contribution in [3.05, 3.63) is 69.6 Å². The third-order valence-electron chi connectivity index (χ3n) is 4.18. The average Bonchev–Trinajstić information content (AvgIpc) is 3.04. The van der Waals surface area contributed by atoms with E-state index in [2.05, 4.69) is 4.99 Å². The summed E-state index contributed by atoms with van der Waals surface area (Å²) in [5, 5.41) is 12.3. The lowest BCUT2D eigenvalue weighted by molar-refractivity contribution is -0.117. The zero-order chi connectivity index (χ0) is 17.2. The summed E-state index contributed by atoms with van der Waals surface area (Å²) in [6.45, 7) is 3.99. The zero-order valence-electron chi connectivity index (χ0n) is 13.9. The second kappa shape index (κ2) is 6.73.